The van der Waals surface area contributed by atoms with Gasteiger partial charge in [-0.05, 0) is 5.92 Å². The summed E-state index contributed by atoms with van der Waals surface area (Å²) in [6, 6.07) is 0. The minimum atomic E-state index is 0.211. The smallest absolute Gasteiger partial charge is 0.219 e. The van der Waals surface area contributed by atoms with E-state index in [4.69, 9.17) is 0 Å². The van der Waals surface area contributed by atoms with E-state index in [1.54, 1.807) is 6.92 Å². The molecule has 0 atom stereocenters. The summed E-state index contributed by atoms with van der Waals surface area (Å²) in [7, 11) is 0. The molecule has 0 aliphatic carbocycles. The highest BCUT2D eigenvalue weighted by Gasteiger charge is 2.23. The Hall–Kier alpha value is -0.530. The second-order valence-corrected chi connectivity index (χ2v) is 2.53. The number of carbonyl (C=O) groups excluding carboxylic acids is 1. The summed E-state index contributed by atoms with van der Waals surface area (Å²) in [5.74, 6) is 0.946. The van der Waals surface area contributed by atoms with Gasteiger partial charge < -0.3 is 4.90 Å². The zero-order valence-corrected chi connectivity index (χ0v) is 5.35. The van der Waals surface area contributed by atoms with Crippen LogP contribution in [-0.4, -0.2) is 23.9 Å². The van der Waals surface area contributed by atoms with Gasteiger partial charge >= 0.3 is 0 Å². The number of nitrogens with zero attached hydrogens (tertiary/aromatic N) is 1. The first-order chi connectivity index (χ1) is 3.70. The van der Waals surface area contributed by atoms with Crippen molar-refractivity contribution in [3.05, 3.63) is 0 Å². The molecule has 1 heterocycles. The first kappa shape index (κ1) is 5.60. The zero-order chi connectivity index (χ0) is 6.15. The average molecular weight is 113 g/mol. The highest BCUT2D eigenvalue weighted by atomic mass is 16.2. The van der Waals surface area contributed by atoms with Crippen LogP contribution in [0.1, 0.15) is 13.8 Å². The lowest BCUT2D eigenvalue weighted by molar-refractivity contribution is -0.134. The maximum atomic E-state index is 10.5. The van der Waals surface area contributed by atoms with Gasteiger partial charge in [-0.3, -0.25) is 4.79 Å². The molecule has 0 spiro atoms. The minimum absolute atomic E-state index is 0.211. The van der Waals surface area contributed by atoms with Gasteiger partial charge in [-0.25, -0.2) is 0 Å². The molecule has 1 rings (SSSR count). The lowest BCUT2D eigenvalue weighted by atomic mass is 10.0. The standard InChI is InChI=1S/C6H11NO/c1-5-3-7(4-5)6(2)8/h5H,3-4H2,1-2H3. The van der Waals surface area contributed by atoms with E-state index in [-0.39, 0.29) is 5.91 Å². The maximum Gasteiger partial charge on any atom is 0.219 e. The molecule has 0 aromatic heterocycles. The van der Waals surface area contributed by atoms with E-state index in [0.29, 0.717) is 0 Å². The first-order valence-electron chi connectivity index (χ1n) is 2.95. The van der Waals surface area contributed by atoms with Crippen LogP contribution in [0.3, 0.4) is 0 Å². The van der Waals surface area contributed by atoms with E-state index >= 15 is 0 Å². The third-order valence-electron chi connectivity index (χ3n) is 1.51. The van der Waals surface area contributed by atoms with Crippen LogP contribution in [0.4, 0.5) is 0 Å². The van der Waals surface area contributed by atoms with Crippen LogP contribution < -0.4 is 0 Å². The van der Waals surface area contributed by atoms with E-state index in [2.05, 4.69) is 6.92 Å². The van der Waals surface area contributed by atoms with Crippen molar-refractivity contribution in [3.8, 4) is 0 Å². The molecule has 1 aliphatic rings. The van der Waals surface area contributed by atoms with Crippen LogP contribution in [0.15, 0.2) is 0 Å². The number of hydrogen-bond acceptors (Lipinski definition) is 1. The normalized spacial score (nSPS) is 20.5. The SMILES string of the molecule is CC(=O)N1CC(C)C1. The van der Waals surface area contributed by atoms with Crippen molar-refractivity contribution < 1.29 is 4.79 Å². The fourth-order valence-electron chi connectivity index (χ4n) is 0.956. The predicted octanol–water partition coefficient (Wildman–Crippen LogP) is 0.485. The van der Waals surface area contributed by atoms with Gasteiger partial charge in [0.15, 0.2) is 0 Å². The fraction of sp³-hybridized carbons (Fsp3) is 0.833. The molecule has 0 saturated carbocycles. The van der Waals surface area contributed by atoms with Crippen molar-refractivity contribution in [1.82, 2.24) is 4.90 Å². The van der Waals surface area contributed by atoms with Gasteiger partial charge in [-0.2, -0.15) is 0 Å². The topological polar surface area (TPSA) is 20.3 Å². The Labute approximate surface area is 49.5 Å². The van der Waals surface area contributed by atoms with Crippen molar-refractivity contribution in [2.45, 2.75) is 13.8 Å². The lowest BCUT2D eigenvalue weighted by Gasteiger charge is -2.36. The molecule has 1 amide bonds. The number of rotatable bonds is 0. The molecule has 2 nitrogen and oxygen atoms in total. The van der Waals surface area contributed by atoms with Crippen LogP contribution in [0, 0.1) is 5.92 Å². The van der Waals surface area contributed by atoms with E-state index in [1.165, 1.54) is 0 Å². The van der Waals surface area contributed by atoms with Crippen molar-refractivity contribution in [1.29, 1.82) is 0 Å². The Bertz CT molecular complexity index is 105. The Balaban J connectivity index is 2.25. The molecule has 0 aromatic carbocycles. The van der Waals surface area contributed by atoms with Gasteiger partial charge in [-0.1, -0.05) is 6.92 Å². The summed E-state index contributed by atoms with van der Waals surface area (Å²) in [5, 5.41) is 0. The van der Waals surface area contributed by atoms with E-state index in [9.17, 15) is 4.79 Å². The first-order valence-corrected chi connectivity index (χ1v) is 2.95. The van der Waals surface area contributed by atoms with Gasteiger partial charge in [0.25, 0.3) is 0 Å². The monoisotopic (exact) mass is 113 g/mol. The summed E-state index contributed by atoms with van der Waals surface area (Å²) in [4.78, 5) is 12.3. The van der Waals surface area contributed by atoms with Crippen LogP contribution >= 0.6 is 0 Å². The predicted molar refractivity (Wildman–Crippen MR) is 31.4 cm³/mol. The second kappa shape index (κ2) is 1.77. The molecule has 0 aromatic rings. The van der Waals surface area contributed by atoms with E-state index < -0.39 is 0 Å². The molecular weight excluding hydrogens is 102 g/mol. The molecule has 0 bridgehead atoms. The van der Waals surface area contributed by atoms with Crippen molar-refractivity contribution >= 4 is 5.91 Å². The number of amides is 1. The summed E-state index contributed by atoms with van der Waals surface area (Å²) in [6.45, 7) is 5.70. The van der Waals surface area contributed by atoms with Gasteiger partial charge in [-0.15, -0.1) is 0 Å². The summed E-state index contributed by atoms with van der Waals surface area (Å²) in [6.07, 6.45) is 0. The van der Waals surface area contributed by atoms with Crippen LogP contribution in [-0.2, 0) is 4.79 Å². The highest BCUT2D eigenvalue weighted by Crippen LogP contribution is 2.12. The third kappa shape index (κ3) is 0.831. The van der Waals surface area contributed by atoms with Gasteiger partial charge in [0.05, 0.1) is 0 Å². The van der Waals surface area contributed by atoms with Crippen molar-refractivity contribution in [2.24, 2.45) is 5.92 Å². The molecule has 0 unspecified atom stereocenters. The molecule has 46 valence electrons. The van der Waals surface area contributed by atoms with Crippen LogP contribution in [0.5, 0.6) is 0 Å². The summed E-state index contributed by atoms with van der Waals surface area (Å²) < 4.78 is 0. The zero-order valence-electron chi connectivity index (χ0n) is 5.35. The molecule has 1 fully saturated rings. The van der Waals surface area contributed by atoms with E-state index in [1.807, 2.05) is 4.90 Å². The summed E-state index contributed by atoms with van der Waals surface area (Å²) >= 11 is 0. The van der Waals surface area contributed by atoms with Crippen molar-refractivity contribution in [3.63, 3.8) is 0 Å². The quantitative estimate of drug-likeness (QED) is 0.447. The van der Waals surface area contributed by atoms with Gasteiger partial charge in [0.2, 0.25) is 5.91 Å². The Morgan fingerprint density at radius 2 is 2.12 bits per heavy atom. The molecular formula is C6H11NO. The average Bonchev–Trinajstić information content (AvgIpc) is 1.57. The third-order valence-corrected chi connectivity index (χ3v) is 1.51. The second-order valence-electron chi connectivity index (χ2n) is 2.53. The number of likely N-dealkylation sites (tertiary alicyclic amines) is 1. The minimum Gasteiger partial charge on any atom is -0.342 e. The fourth-order valence-corrected chi connectivity index (χ4v) is 0.956. The molecule has 0 N–H and O–H groups in total. The Kier molecular flexibility index (Phi) is 1.24. The molecule has 1 aliphatic heterocycles. The number of hydrogen-bond donors (Lipinski definition) is 0. The van der Waals surface area contributed by atoms with Crippen molar-refractivity contribution in [2.75, 3.05) is 13.1 Å². The Morgan fingerprint density at radius 1 is 1.62 bits per heavy atom. The molecule has 1 saturated heterocycles. The largest absolute Gasteiger partial charge is 0.342 e. The van der Waals surface area contributed by atoms with Gasteiger partial charge in [0, 0.05) is 20.0 Å². The maximum absolute atomic E-state index is 10.5. The van der Waals surface area contributed by atoms with Crippen LogP contribution in [0.2, 0.25) is 0 Å². The van der Waals surface area contributed by atoms with Crippen LogP contribution in [0.25, 0.3) is 0 Å². The number of carbonyl (C=O) groups is 1. The molecule has 8 heavy (non-hydrogen) atoms. The van der Waals surface area contributed by atoms with E-state index in [0.717, 1.165) is 19.0 Å². The van der Waals surface area contributed by atoms with Gasteiger partial charge in [0.1, 0.15) is 0 Å². The Morgan fingerprint density at radius 3 is 2.25 bits per heavy atom. The summed E-state index contributed by atoms with van der Waals surface area (Å²) in [5.41, 5.74) is 0. The highest BCUT2D eigenvalue weighted by molar-refractivity contribution is 5.74. The lowest BCUT2D eigenvalue weighted by Crippen LogP contribution is -2.47. The molecule has 0 radical (unpaired) electrons. The molecule has 2 heteroatoms.